The highest BCUT2D eigenvalue weighted by atomic mass is 19.1. The number of aromatic nitrogens is 4. The van der Waals surface area contributed by atoms with Crippen molar-refractivity contribution in [2.45, 2.75) is 13.5 Å². The zero-order valence-electron chi connectivity index (χ0n) is 17.1. The number of carbonyl (C=O) groups is 2. The highest BCUT2D eigenvalue weighted by Gasteiger charge is 2.23. The van der Waals surface area contributed by atoms with Gasteiger partial charge in [-0.3, -0.25) is 4.79 Å². The van der Waals surface area contributed by atoms with E-state index in [0.717, 1.165) is 17.1 Å². The van der Waals surface area contributed by atoms with Crippen molar-refractivity contribution in [2.24, 2.45) is 0 Å². The van der Waals surface area contributed by atoms with E-state index in [2.05, 4.69) is 30.6 Å². The molecular weight excluding hydrogens is 403 g/mol. The third-order valence-corrected chi connectivity index (χ3v) is 5.08. The molecule has 3 heterocycles. The lowest BCUT2D eigenvalue weighted by Crippen LogP contribution is -2.52. The zero-order chi connectivity index (χ0) is 21.8. The van der Waals surface area contributed by atoms with Crippen LogP contribution in [0.2, 0.25) is 0 Å². The van der Waals surface area contributed by atoms with Crippen molar-refractivity contribution < 1.29 is 14.0 Å². The molecule has 1 fully saturated rings. The first-order valence-electron chi connectivity index (χ1n) is 9.96. The second-order valence-corrected chi connectivity index (χ2v) is 7.26. The van der Waals surface area contributed by atoms with Crippen LogP contribution >= 0.6 is 0 Å². The summed E-state index contributed by atoms with van der Waals surface area (Å²) in [5, 5.41) is 9.45. The first-order valence-corrected chi connectivity index (χ1v) is 9.96. The van der Waals surface area contributed by atoms with Gasteiger partial charge in [-0.1, -0.05) is 12.1 Å². The Morgan fingerprint density at radius 1 is 1.10 bits per heavy atom. The molecule has 0 atom stereocenters. The lowest BCUT2D eigenvalue weighted by molar-refractivity contribution is -0.130. The number of benzene rings is 1. The number of aryl methyl sites for hydroxylation is 1. The Morgan fingerprint density at radius 2 is 1.84 bits per heavy atom. The highest BCUT2D eigenvalue weighted by molar-refractivity contribution is 5.84. The van der Waals surface area contributed by atoms with Crippen molar-refractivity contribution in [1.29, 1.82) is 0 Å². The number of rotatable bonds is 5. The summed E-state index contributed by atoms with van der Waals surface area (Å²) in [7, 11) is 0. The van der Waals surface area contributed by atoms with Gasteiger partial charge in [0.2, 0.25) is 5.91 Å². The molecule has 31 heavy (non-hydrogen) atoms. The van der Waals surface area contributed by atoms with Crippen LogP contribution in [0.1, 0.15) is 11.3 Å². The number of carbonyl (C=O) groups excluding carboxylic acids is 2. The van der Waals surface area contributed by atoms with Crippen LogP contribution in [0.3, 0.4) is 0 Å². The molecule has 0 saturated carbocycles. The van der Waals surface area contributed by atoms with Crippen LogP contribution in [0.15, 0.2) is 36.7 Å². The Labute approximate surface area is 178 Å². The minimum Gasteiger partial charge on any atom is -0.353 e. The van der Waals surface area contributed by atoms with Crippen molar-refractivity contribution in [2.75, 3.05) is 37.6 Å². The van der Waals surface area contributed by atoms with Gasteiger partial charge in [0.25, 0.3) is 5.78 Å². The van der Waals surface area contributed by atoms with Gasteiger partial charge in [-0.15, -0.1) is 0 Å². The molecule has 3 amide bonds. The molecule has 1 aromatic carbocycles. The maximum absolute atomic E-state index is 12.9. The molecule has 1 aliphatic heterocycles. The molecule has 2 N–H and O–H groups in total. The summed E-state index contributed by atoms with van der Waals surface area (Å²) in [6, 6.07) is 7.36. The molecule has 0 spiro atoms. The van der Waals surface area contributed by atoms with E-state index >= 15 is 0 Å². The van der Waals surface area contributed by atoms with E-state index in [1.807, 2.05) is 13.0 Å². The fourth-order valence-electron chi connectivity index (χ4n) is 3.44. The summed E-state index contributed by atoms with van der Waals surface area (Å²) in [6.45, 7) is 4.43. The molecule has 0 radical (unpaired) electrons. The molecule has 0 aliphatic carbocycles. The fourth-order valence-corrected chi connectivity index (χ4v) is 3.44. The van der Waals surface area contributed by atoms with Crippen molar-refractivity contribution >= 4 is 23.5 Å². The maximum atomic E-state index is 12.9. The monoisotopic (exact) mass is 426 g/mol. The van der Waals surface area contributed by atoms with Gasteiger partial charge >= 0.3 is 6.03 Å². The Morgan fingerprint density at radius 3 is 2.58 bits per heavy atom. The van der Waals surface area contributed by atoms with Gasteiger partial charge in [0.05, 0.1) is 6.54 Å². The van der Waals surface area contributed by atoms with E-state index in [4.69, 9.17) is 0 Å². The number of anilines is 1. The number of urea groups is 1. The van der Waals surface area contributed by atoms with Crippen LogP contribution in [-0.4, -0.2) is 69.1 Å². The smallest absolute Gasteiger partial charge is 0.315 e. The van der Waals surface area contributed by atoms with Gasteiger partial charge in [0.1, 0.15) is 18.0 Å². The molecule has 0 unspecified atom stereocenters. The van der Waals surface area contributed by atoms with Gasteiger partial charge in [-0.05, 0) is 24.6 Å². The SMILES string of the molecule is Cc1cc(N2CCN(C(=O)CNC(=O)NCc3ccc(F)cc3)CC2)n2ncnc2n1. The molecule has 2 aromatic heterocycles. The van der Waals surface area contributed by atoms with Crippen molar-refractivity contribution in [3.05, 3.63) is 53.7 Å². The molecule has 4 rings (SSSR count). The van der Waals surface area contributed by atoms with Crippen LogP contribution in [0.5, 0.6) is 0 Å². The molecule has 1 aliphatic rings. The third kappa shape index (κ3) is 4.87. The van der Waals surface area contributed by atoms with Gasteiger partial charge in [0.15, 0.2) is 0 Å². The van der Waals surface area contributed by atoms with Crippen LogP contribution < -0.4 is 15.5 Å². The number of hydrogen-bond donors (Lipinski definition) is 2. The van der Waals surface area contributed by atoms with Crippen LogP contribution in [0.4, 0.5) is 15.0 Å². The van der Waals surface area contributed by atoms with Gasteiger partial charge < -0.3 is 20.4 Å². The van der Waals surface area contributed by atoms with E-state index in [-0.39, 0.29) is 24.8 Å². The number of halogens is 1. The minimum absolute atomic E-state index is 0.0864. The number of amides is 3. The second kappa shape index (κ2) is 8.94. The Hall–Kier alpha value is -3.76. The van der Waals surface area contributed by atoms with E-state index < -0.39 is 6.03 Å². The van der Waals surface area contributed by atoms with Crippen molar-refractivity contribution in [3.63, 3.8) is 0 Å². The first-order chi connectivity index (χ1) is 15.0. The predicted octanol–water partition coefficient (Wildman–Crippen LogP) is 0.720. The summed E-state index contributed by atoms with van der Waals surface area (Å²) in [4.78, 5) is 36.8. The first kappa shape index (κ1) is 20.5. The number of fused-ring (bicyclic) bond motifs is 1. The molecule has 162 valence electrons. The van der Waals surface area contributed by atoms with Gasteiger partial charge in [0, 0.05) is 44.5 Å². The molecular formula is C20H23FN8O2. The number of piperazine rings is 1. The second-order valence-electron chi connectivity index (χ2n) is 7.26. The maximum Gasteiger partial charge on any atom is 0.315 e. The standard InChI is InChI=1S/C20H23FN8O2/c1-14-10-17(29-19(26-14)24-13-25-29)27-6-8-28(9-7-27)18(30)12-23-20(31)22-11-15-2-4-16(21)5-3-15/h2-5,10,13H,6-9,11-12H2,1H3,(H2,22,23,31). The number of nitrogens with one attached hydrogen (secondary N) is 2. The van der Waals surface area contributed by atoms with Crippen LogP contribution in [0, 0.1) is 12.7 Å². The molecule has 10 nitrogen and oxygen atoms in total. The average Bonchev–Trinajstić information content (AvgIpc) is 3.25. The quantitative estimate of drug-likeness (QED) is 0.623. The highest BCUT2D eigenvalue weighted by Crippen LogP contribution is 2.17. The lowest BCUT2D eigenvalue weighted by Gasteiger charge is -2.36. The van der Waals surface area contributed by atoms with Crippen molar-refractivity contribution in [3.8, 4) is 0 Å². The van der Waals surface area contributed by atoms with E-state index in [1.54, 1.807) is 21.5 Å². The minimum atomic E-state index is -0.447. The normalized spacial score (nSPS) is 14.0. The lowest BCUT2D eigenvalue weighted by atomic mass is 10.2. The average molecular weight is 426 g/mol. The fraction of sp³-hybridized carbons (Fsp3) is 0.350. The molecule has 1 saturated heterocycles. The number of nitrogens with zero attached hydrogens (tertiary/aromatic N) is 6. The summed E-state index contributed by atoms with van der Waals surface area (Å²) in [5.74, 6) is 0.965. The van der Waals surface area contributed by atoms with Gasteiger partial charge in [-0.25, -0.2) is 14.2 Å². The van der Waals surface area contributed by atoms with Crippen LogP contribution in [-0.2, 0) is 11.3 Å². The topological polar surface area (TPSA) is 108 Å². The van der Waals surface area contributed by atoms with Crippen molar-refractivity contribution in [1.82, 2.24) is 35.1 Å². The summed E-state index contributed by atoms with van der Waals surface area (Å²) in [6.07, 6.45) is 1.47. The predicted molar refractivity (Wildman–Crippen MR) is 111 cm³/mol. The van der Waals surface area contributed by atoms with E-state index in [1.165, 1.54) is 18.5 Å². The molecule has 3 aromatic rings. The summed E-state index contributed by atoms with van der Waals surface area (Å²) in [5.41, 5.74) is 1.62. The third-order valence-electron chi connectivity index (χ3n) is 5.08. The Kier molecular flexibility index (Phi) is 5.92. The number of hydrogen-bond acceptors (Lipinski definition) is 6. The zero-order valence-corrected chi connectivity index (χ0v) is 17.1. The van der Waals surface area contributed by atoms with Crippen LogP contribution in [0.25, 0.3) is 5.78 Å². The largest absolute Gasteiger partial charge is 0.353 e. The Bertz CT molecular complexity index is 1080. The van der Waals surface area contributed by atoms with E-state index in [9.17, 15) is 14.0 Å². The molecule has 11 heteroatoms. The summed E-state index contributed by atoms with van der Waals surface area (Å²) < 4.78 is 14.6. The van der Waals surface area contributed by atoms with Gasteiger partial charge in [-0.2, -0.15) is 14.6 Å². The molecule has 0 bridgehead atoms. The Balaban J connectivity index is 1.24. The van der Waals surface area contributed by atoms with E-state index in [0.29, 0.717) is 32.0 Å². The summed E-state index contributed by atoms with van der Waals surface area (Å²) >= 11 is 0.